The zero-order valence-electron chi connectivity index (χ0n) is 12.6. The summed E-state index contributed by atoms with van der Waals surface area (Å²) in [5.41, 5.74) is 0. The molecule has 3 nitrogen and oxygen atoms in total. The summed E-state index contributed by atoms with van der Waals surface area (Å²) < 4.78 is 1.31. The Hall–Kier alpha value is -1.33. The van der Waals surface area contributed by atoms with Gasteiger partial charge in [-0.1, -0.05) is 30.0 Å². The molecular formula is C17H19NO2S2. The minimum atomic E-state index is 0.135. The molecule has 0 radical (unpaired) electrons. The van der Waals surface area contributed by atoms with Gasteiger partial charge in [0.1, 0.15) is 0 Å². The van der Waals surface area contributed by atoms with Gasteiger partial charge in [0.05, 0.1) is 0 Å². The summed E-state index contributed by atoms with van der Waals surface area (Å²) in [5.74, 6) is 1.32. The van der Waals surface area contributed by atoms with E-state index >= 15 is 0 Å². The van der Waals surface area contributed by atoms with Gasteiger partial charge < -0.3 is 4.90 Å². The largest absolute Gasteiger partial charge is 0.342 e. The third-order valence-corrected chi connectivity index (χ3v) is 6.14. The molecular weight excluding hydrogens is 314 g/mol. The van der Waals surface area contributed by atoms with Crippen molar-refractivity contribution in [1.29, 1.82) is 0 Å². The molecule has 22 heavy (non-hydrogen) atoms. The van der Waals surface area contributed by atoms with Gasteiger partial charge in [0.25, 0.3) is 0 Å². The first kappa shape index (κ1) is 15.6. The van der Waals surface area contributed by atoms with Crippen LogP contribution in [0.4, 0.5) is 0 Å². The SMILES string of the molecule is CC(=O)SCC1CC(=O)N(CCc2cc3ccccc3s2)C1. The average molecular weight is 333 g/mol. The van der Waals surface area contributed by atoms with Crippen molar-refractivity contribution in [1.82, 2.24) is 4.90 Å². The molecule has 1 fully saturated rings. The molecule has 1 aliphatic rings. The van der Waals surface area contributed by atoms with Crippen molar-refractivity contribution in [2.45, 2.75) is 19.8 Å². The molecule has 116 valence electrons. The predicted octanol–water partition coefficient (Wildman–Crippen LogP) is 3.57. The number of likely N-dealkylation sites (tertiary alicyclic amines) is 1. The number of thioether (sulfide) groups is 1. The van der Waals surface area contributed by atoms with E-state index < -0.39 is 0 Å². The maximum atomic E-state index is 12.1. The molecule has 1 aromatic carbocycles. The van der Waals surface area contributed by atoms with Crippen LogP contribution in [-0.4, -0.2) is 34.8 Å². The molecule has 2 heterocycles. The van der Waals surface area contributed by atoms with Crippen LogP contribution in [0.2, 0.25) is 0 Å². The summed E-state index contributed by atoms with van der Waals surface area (Å²) in [7, 11) is 0. The lowest BCUT2D eigenvalue weighted by Crippen LogP contribution is -2.27. The number of hydrogen-bond donors (Lipinski definition) is 0. The van der Waals surface area contributed by atoms with E-state index in [2.05, 4.69) is 30.3 Å². The van der Waals surface area contributed by atoms with Crippen molar-refractivity contribution >= 4 is 44.2 Å². The molecule has 1 amide bonds. The van der Waals surface area contributed by atoms with Crippen LogP contribution in [0.1, 0.15) is 18.2 Å². The number of carbonyl (C=O) groups excluding carboxylic acids is 2. The third-order valence-electron chi connectivity index (χ3n) is 3.92. The van der Waals surface area contributed by atoms with Crippen molar-refractivity contribution in [3.8, 4) is 0 Å². The Labute approximate surface area is 138 Å². The second-order valence-corrected chi connectivity index (χ2v) is 8.08. The fourth-order valence-corrected chi connectivity index (χ4v) is 4.57. The van der Waals surface area contributed by atoms with Gasteiger partial charge in [-0.05, 0) is 29.9 Å². The Bertz CT molecular complexity index is 662. The molecule has 0 saturated carbocycles. The van der Waals surface area contributed by atoms with E-state index in [1.54, 1.807) is 6.92 Å². The van der Waals surface area contributed by atoms with E-state index in [4.69, 9.17) is 0 Å². The summed E-state index contributed by atoms with van der Waals surface area (Å²) in [6, 6.07) is 10.6. The van der Waals surface area contributed by atoms with Gasteiger partial charge in [-0.2, -0.15) is 0 Å². The standard InChI is InChI=1S/C17H19NO2S2/c1-12(19)21-11-13-8-17(20)18(10-13)7-6-15-9-14-4-2-3-5-16(14)22-15/h2-5,9,13H,6-8,10-11H2,1H3. The quantitative estimate of drug-likeness (QED) is 0.839. The highest BCUT2D eigenvalue weighted by atomic mass is 32.2. The van der Waals surface area contributed by atoms with Crippen LogP contribution >= 0.6 is 23.1 Å². The smallest absolute Gasteiger partial charge is 0.222 e. The second kappa shape index (κ2) is 6.84. The Balaban J connectivity index is 1.54. The van der Waals surface area contributed by atoms with Crippen LogP contribution in [-0.2, 0) is 16.0 Å². The summed E-state index contributed by atoms with van der Waals surface area (Å²) in [5, 5.41) is 1.42. The highest BCUT2D eigenvalue weighted by molar-refractivity contribution is 8.13. The highest BCUT2D eigenvalue weighted by Crippen LogP contribution is 2.27. The van der Waals surface area contributed by atoms with Crippen LogP contribution in [0.3, 0.4) is 0 Å². The van der Waals surface area contributed by atoms with Gasteiger partial charge >= 0.3 is 0 Å². The van der Waals surface area contributed by atoms with E-state index in [-0.39, 0.29) is 11.0 Å². The van der Waals surface area contributed by atoms with Crippen LogP contribution in [0.25, 0.3) is 10.1 Å². The molecule has 3 rings (SSSR count). The molecule has 1 unspecified atom stereocenters. The summed E-state index contributed by atoms with van der Waals surface area (Å²) >= 11 is 3.14. The highest BCUT2D eigenvalue weighted by Gasteiger charge is 2.29. The summed E-state index contributed by atoms with van der Waals surface area (Å²) in [6.07, 6.45) is 1.50. The number of nitrogens with zero attached hydrogens (tertiary/aromatic N) is 1. The van der Waals surface area contributed by atoms with Gasteiger partial charge in [0, 0.05) is 41.8 Å². The molecule has 0 aliphatic carbocycles. The van der Waals surface area contributed by atoms with Gasteiger partial charge in [0.2, 0.25) is 5.91 Å². The van der Waals surface area contributed by atoms with Crippen molar-refractivity contribution < 1.29 is 9.59 Å². The van der Waals surface area contributed by atoms with Crippen molar-refractivity contribution in [3.63, 3.8) is 0 Å². The number of hydrogen-bond acceptors (Lipinski definition) is 4. The zero-order valence-corrected chi connectivity index (χ0v) is 14.2. The molecule has 1 aromatic heterocycles. The van der Waals surface area contributed by atoms with Crippen molar-refractivity contribution in [3.05, 3.63) is 35.2 Å². The topological polar surface area (TPSA) is 37.4 Å². The van der Waals surface area contributed by atoms with Crippen LogP contribution in [0.15, 0.2) is 30.3 Å². The summed E-state index contributed by atoms with van der Waals surface area (Å²) in [6.45, 7) is 3.16. The van der Waals surface area contributed by atoms with E-state index in [0.717, 1.165) is 25.3 Å². The fourth-order valence-electron chi connectivity index (χ4n) is 2.82. The lowest BCUT2D eigenvalue weighted by Gasteiger charge is -2.15. The molecule has 2 aromatic rings. The molecule has 5 heteroatoms. The van der Waals surface area contributed by atoms with Crippen molar-refractivity contribution in [2.75, 3.05) is 18.8 Å². The summed E-state index contributed by atoms with van der Waals surface area (Å²) in [4.78, 5) is 26.4. The number of amides is 1. The van der Waals surface area contributed by atoms with Gasteiger partial charge in [-0.3, -0.25) is 9.59 Å². The Morgan fingerprint density at radius 3 is 3.00 bits per heavy atom. The van der Waals surface area contributed by atoms with Crippen LogP contribution in [0.5, 0.6) is 0 Å². The van der Waals surface area contributed by atoms with Gasteiger partial charge in [0.15, 0.2) is 5.12 Å². The first-order valence-electron chi connectivity index (χ1n) is 7.50. The Kier molecular flexibility index (Phi) is 4.84. The van der Waals surface area contributed by atoms with E-state index in [1.807, 2.05) is 16.2 Å². The third kappa shape index (κ3) is 3.70. The van der Waals surface area contributed by atoms with Crippen LogP contribution in [0, 0.1) is 5.92 Å². The maximum absolute atomic E-state index is 12.1. The number of thiophene rings is 1. The predicted molar refractivity (Wildman–Crippen MR) is 93.4 cm³/mol. The second-order valence-electron chi connectivity index (χ2n) is 5.71. The Morgan fingerprint density at radius 2 is 2.23 bits per heavy atom. The number of benzene rings is 1. The average Bonchev–Trinajstić information content (AvgIpc) is 3.05. The molecule has 1 saturated heterocycles. The normalized spacial score (nSPS) is 18.3. The molecule has 1 atom stereocenters. The van der Waals surface area contributed by atoms with Crippen LogP contribution < -0.4 is 0 Å². The fraction of sp³-hybridized carbons (Fsp3) is 0.412. The molecule has 1 aliphatic heterocycles. The van der Waals surface area contributed by atoms with Gasteiger partial charge in [-0.15, -0.1) is 11.3 Å². The Morgan fingerprint density at radius 1 is 1.41 bits per heavy atom. The van der Waals surface area contributed by atoms with E-state index in [0.29, 0.717) is 12.3 Å². The lowest BCUT2D eigenvalue weighted by atomic mass is 10.1. The lowest BCUT2D eigenvalue weighted by molar-refractivity contribution is -0.127. The maximum Gasteiger partial charge on any atom is 0.222 e. The first-order valence-corrected chi connectivity index (χ1v) is 9.30. The zero-order chi connectivity index (χ0) is 15.5. The van der Waals surface area contributed by atoms with E-state index in [9.17, 15) is 9.59 Å². The van der Waals surface area contributed by atoms with E-state index in [1.165, 1.54) is 26.7 Å². The monoisotopic (exact) mass is 333 g/mol. The van der Waals surface area contributed by atoms with Gasteiger partial charge in [-0.25, -0.2) is 0 Å². The number of fused-ring (bicyclic) bond motifs is 1. The first-order chi connectivity index (χ1) is 10.6. The number of rotatable bonds is 5. The molecule has 0 N–H and O–H groups in total. The molecule has 0 spiro atoms. The van der Waals surface area contributed by atoms with Crippen molar-refractivity contribution in [2.24, 2.45) is 5.92 Å². The minimum Gasteiger partial charge on any atom is -0.342 e. The number of carbonyl (C=O) groups is 2. The minimum absolute atomic E-state index is 0.135. The molecule has 0 bridgehead atoms.